The molecule has 1 aliphatic carbocycles. The van der Waals surface area contributed by atoms with E-state index in [1.807, 2.05) is 20.8 Å². The van der Waals surface area contributed by atoms with Gasteiger partial charge in [0.15, 0.2) is 0 Å². The van der Waals surface area contributed by atoms with Crippen LogP contribution in [-0.4, -0.2) is 37.2 Å². The number of hydrogen-bond donors (Lipinski definition) is 2. The molecule has 0 atom stereocenters. The SMILES string of the molecule is CCNC(C)(C)C(=O)NC1CC(OC)C1. The molecule has 0 aromatic rings. The third-order valence-corrected chi connectivity index (χ3v) is 2.95. The second-order valence-electron chi connectivity index (χ2n) is 4.65. The predicted octanol–water partition coefficient (Wildman–Crippen LogP) is 0.668. The number of nitrogens with one attached hydrogen (secondary N) is 2. The number of amides is 1. The zero-order valence-corrected chi connectivity index (χ0v) is 10.1. The first-order valence-electron chi connectivity index (χ1n) is 5.58. The first-order valence-corrected chi connectivity index (χ1v) is 5.58. The molecule has 1 amide bonds. The van der Waals surface area contributed by atoms with Gasteiger partial charge in [0, 0.05) is 13.2 Å². The Hall–Kier alpha value is -0.610. The Labute approximate surface area is 91.8 Å². The van der Waals surface area contributed by atoms with Gasteiger partial charge in [-0.25, -0.2) is 0 Å². The molecule has 0 saturated heterocycles. The third-order valence-electron chi connectivity index (χ3n) is 2.95. The minimum Gasteiger partial charge on any atom is -0.381 e. The van der Waals surface area contributed by atoms with Crippen molar-refractivity contribution in [3.63, 3.8) is 0 Å². The second kappa shape index (κ2) is 4.94. The summed E-state index contributed by atoms with van der Waals surface area (Å²) in [6.07, 6.45) is 2.20. The molecule has 0 unspecified atom stereocenters. The lowest BCUT2D eigenvalue weighted by Gasteiger charge is -2.37. The van der Waals surface area contributed by atoms with E-state index in [-0.39, 0.29) is 5.91 Å². The topological polar surface area (TPSA) is 50.4 Å². The van der Waals surface area contributed by atoms with Crippen molar-refractivity contribution >= 4 is 5.91 Å². The molecule has 0 radical (unpaired) electrons. The highest BCUT2D eigenvalue weighted by Gasteiger charge is 2.34. The van der Waals surface area contributed by atoms with Gasteiger partial charge in [-0.2, -0.15) is 0 Å². The zero-order valence-electron chi connectivity index (χ0n) is 10.1. The van der Waals surface area contributed by atoms with Crippen LogP contribution in [0.5, 0.6) is 0 Å². The maximum Gasteiger partial charge on any atom is 0.239 e. The van der Waals surface area contributed by atoms with Gasteiger partial charge in [-0.05, 0) is 33.2 Å². The van der Waals surface area contributed by atoms with Gasteiger partial charge in [-0.15, -0.1) is 0 Å². The summed E-state index contributed by atoms with van der Waals surface area (Å²) in [5.74, 6) is 0.0731. The Morgan fingerprint density at radius 3 is 2.53 bits per heavy atom. The second-order valence-corrected chi connectivity index (χ2v) is 4.65. The van der Waals surface area contributed by atoms with E-state index in [2.05, 4.69) is 10.6 Å². The molecule has 0 aromatic carbocycles. The molecule has 15 heavy (non-hydrogen) atoms. The fourth-order valence-corrected chi connectivity index (χ4v) is 1.76. The van der Waals surface area contributed by atoms with Gasteiger partial charge in [0.05, 0.1) is 11.6 Å². The molecule has 0 spiro atoms. The largest absolute Gasteiger partial charge is 0.381 e. The standard InChI is InChI=1S/C11H22N2O2/c1-5-12-11(2,3)10(14)13-8-6-9(7-8)15-4/h8-9,12H,5-7H2,1-4H3,(H,13,14). The van der Waals surface area contributed by atoms with Gasteiger partial charge in [0.25, 0.3) is 0 Å². The van der Waals surface area contributed by atoms with Crippen LogP contribution in [0, 0.1) is 0 Å². The van der Waals surface area contributed by atoms with Crippen molar-refractivity contribution in [1.29, 1.82) is 0 Å². The summed E-state index contributed by atoms with van der Waals surface area (Å²) in [4.78, 5) is 11.8. The van der Waals surface area contributed by atoms with E-state index in [1.54, 1.807) is 7.11 Å². The molecule has 0 aromatic heterocycles. The number of carbonyl (C=O) groups excluding carboxylic acids is 1. The lowest BCUT2D eigenvalue weighted by Crippen LogP contribution is -2.58. The highest BCUT2D eigenvalue weighted by Crippen LogP contribution is 2.23. The molecule has 0 heterocycles. The summed E-state index contributed by atoms with van der Waals surface area (Å²) in [5.41, 5.74) is -0.479. The molecule has 4 heteroatoms. The Morgan fingerprint density at radius 1 is 1.47 bits per heavy atom. The summed E-state index contributed by atoms with van der Waals surface area (Å²) in [5, 5.41) is 6.18. The van der Waals surface area contributed by atoms with Crippen LogP contribution in [0.3, 0.4) is 0 Å². The fourth-order valence-electron chi connectivity index (χ4n) is 1.76. The molecule has 88 valence electrons. The van der Waals surface area contributed by atoms with Crippen LogP contribution in [0.15, 0.2) is 0 Å². The van der Waals surface area contributed by atoms with Gasteiger partial charge < -0.3 is 15.4 Å². The van der Waals surface area contributed by atoms with Crippen molar-refractivity contribution in [2.24, 2.45) is 0 Å². The predicted molar refractivity (Wildman–Crippen MR) is 59.7 cm³/mol. The Kier molecular flexibility index (Phi) is 4.11. The molecular weight excluding hydrogens is 192 g/mol. The first-order chi connectivity index (χ1) is 6.99. The summed E-state index contributed by atoms with van der Waals surface area (Å²) in [7, 11) is 1.71. The molecule has 0 aliphatic heterocycles. The van der Waals surface area contributed by atoms with Gasteiger partial charge >= 0.3 is 0 Å². The molecular formula is C11H22N2O2. The van der Waals surface area contributed by atoms with E-state index in [4.69, 9.17) is 4.74 Å². The van der Waals surface area contributed by atoms with E-state index in [0.717, 1.165) is 19.4 Å². The maximum atomic E-state index is 11.8. The normalized spacial score (nSPS) is 25.9. The summed E-state index contributed by atoms with van der Waals surface area (Å²) in [6.45, 7) is 6.60. The van der Waals surface area contributed by atoms with Gasteiger partial charge in [0.1, 0.15) is 0 Å². The summed E-state index contributed by atoms with van der Waals surface area (Å²) >= 11 is 0. The molecule has 1 fully saturated rings. The highest BCUT2D eigenvalue weighted by atomic mass is 16.5. The lowest BCUT2D eigenvalue weighted by atomic mass is 9.88. The van der Waals surface area contributed by atoms with Crippen LogP contribution < -0.4 is 10.6 Å². The van der Waals surface area contributed by atoms with E-state index in [9.17, 15) is 4.79 Å². The molecule has 1 saturated carbocycles. The van der Waals surface area contributed by atoms with Crippen molar-refractivity contribution in [3.05, 3.63) is 0 Å². The molecule has 2 N–H and O–H groups in total. The van der Waals surface area contributed by atoms with Gasteiger partial charge in [-0.3, -0.25) is 4.79 Å². The van der Waals surface area contributed by atoms with Crippen LogP contribution in [-0.2, 0) is 9.53 Å². The van der Waals surface area contributed by atoms with Crippen LogP contribution in [0.25, 0.3) is 0 Å². The minimum atomic E-state index is -0.479. The van der Waals surface area contributed by atoms with E-state index in [0.29, 0.717) is 12.1 Å². The van der Waals surface area contributed by atoms with E-state index < -0.39 is 5.54 Å². The number of likely N-dealkylation sites (N-methyl/N-ethyl adjacent to an activating group) is 1. The molecule has 0 bridgehead atoms. The minimum absolute atomic E-state index is 0.0731. The third kappa shape index (κ3) is 3.18. The van der Waals surface area contributed by atoms with E-state index in [1.165, 1.54) is 0 Å². The molecule has 1 aliphatic rings. The van der Waals surface area contributed by atoms with Crippen molar-refractivity contribution in [1.82, 2.24) is 10.6 Å². The molecule has 1 rings (SSSR count). The highest BCUT2D eigenvalue weighted by molar-refractivity contribution is 5.85. The Bertz CT molecular complexity index is 223. The van der Waals surface area contributed by atoms with Crippen LogP contribution in [0.4, 0.5) is 0 Å². The van der Waals surface area contributed by atoms with Crippen LogP contribution >= 0.6 is 0 Å². The van der Waals surface area contributed by atoms with Gasteiger partial charge in [0.2, 0.25) is 5.91 Å². The number of carbonyl (C=O) groups is 1. The fraction of sp³-hybridized carbons (Fsp3) is 0.909. The molecule has 4 nitrogen and oxygen atoms in total. The maximum absolute atomic E-state index is 11.8. The summed E-state index contributed by atoms with van der Waals surface area (Å²) in [6, 6.07) is 0.292. The first kappa shape index (κ1) is 12.5. The average Bonchev–Trinajstić information content (AvgIpc) is 2.09. The number of hydrogen-bond acceptors (Lipinski definition) is 3. The number of methoxy groups -OCH3 is 1. The monoisotopic (exact) mass is 214 g/mol. The van der Waals surface area contributed by atoms with Crippen LogP contribution in [0.1, 0.15) is 33.6 Å². The van der Waals surface area contributed by atoms with Crippen molar-refractivity contribution in [2.75, 3.05) is 13.7 Å². The smallest absolute Gasteiger partial charge is 0.239 e. The Morgan fingerprint density at radius 2 is 2.07 bits per heavy atom. The van der Waals surface area contributed by atoms with Crippen LogP contribution in [0.2, 0.25) is 0 Å². The summed E-state index contributed by atoms with van der Waals surface area (Å²) < 4.78 is 5.16. The average molecular weight is 214 g/mol. The van der Waals surface area contributed by atoms with Crippen molar-refractivity contribution in [3.8, 4) is 0 Å². The van der Waals surface area contributed by atoms with Crippen molar-refractivity contribution in [2.45, 2.75) is 51.3 Å². The lowest BCUT2D eigenvalue weighted by molar-refractivity contribution is -0.128. The van der Waals surface area contributed by atoms with Crippen molar-refractivity contribution < 1.29 is 9.53 Å². The van der Waals surface area contributed by atoms with Gasteiger partial charge in [-0.1, -0.05) is 6.92 Å². The zero-order chi connectivity index (χ0) is 11.5. The Balaban J connectivity index is 2.30. The number of rotatable bonds is 5. The quantitative estimate of drug-likeness (QED) is 0.707. The van der Waals surface area contributed by atoms with E-state index >= 15 is 0 Å². The number of ether oxygens (including phenoxy) is 1.